The van der Waals surface area contributed by atoms with Crippen LogP contribution in [0.2, 0.25) is 0 Å². The fraction of sp³-hybridized carbons (Fsp3) is 0.667. The van der Waals surface area contributed by atoms with Crippen LogP contribution >= 0.6 is 0 Å². The molecule has 2 atom stereocenters. The van der Waals surface area contributed by atoms with Crippen LogP contribution in [0.3, 0.4) is 0 Å². The summed E-state index contributed by atoms with van der Waals surface area (Å²) in [6.45, 7) is 2.34. The Hall–Kier alpha value is -1.43. The Morgan fingerprint density at radius 3 is 2.60 bits per heavy atom. The lowest BCUT2D eigenvalue weighted by Gasteiger charge is -2.11. The van der Waals surface area contributed by atoms with Gasteiger partial charge in [-0.1, -0.05) is 0 Å². The van der Waals surface area contributed by atoms with Gasteiger partial charge in [0.1, 0.15) is 6.61 Å². The van der Waals surface area contributed by atoms with E-state index in [1.165, 1.54) is 13.8 Å². The maximum absolute atomic E-state index is 11.3. The maximum Gasteiger partial charge on any atom is 0.304 e. The first-order valence-corrected chi connectivity index (χ1v) is 4.48. The highest BCUT2D eigenvalue weighted by Crippen LogP contribution is 2.17. The van der Waals surface area contributed by atoms with Crippen LogP contribution in [0.4, 0.5) is 0 Å². The fourth-order valence-corrected chi connectivity index (χ4v) is 1.18. The number of Topliss-reactive ketones (excluding diaryl/α,β-unsaturated/α-hetero) is 1. The lowest BCUT2D eigenvalue weighted by Crippen LogP contribution is -2.24. The van der Waals surface area contributed by atoms with Gasteiger partial charge in [0.2, 0.25) is 6.29 Å². The zero-order valence-corrected chi connectivity index (χ0v) is 8.52. The van der Waals surface area contributed by atoms with Crippen molar-refractivity contribution in [3.8, 4) is 0 Å². The van der Waals surface area contributed by atoms with Crippen LogP contribution in [0.5, 0.6) is 0 Å². The van der Waals surface area contributed by atoms with E-state index in [1.807, 2.05) is 0 Å². The molecule has 1 saturated heterocycles. The molecular formula is C9H12O6. The molecule has 0 spiro atoms. The van der Waals surface area contributed by atoms with Gasteiger partial charge in [0, 0.05) is 13.8 Å². The second kappa shape index (κ2) is 4.88. The molecule has 1 unspecified atom stereocenters. The first-order chi connectivity index (χ1) is 6.99. The number of hydrogen-bond donors (Lipinski definition) is 0. The van der Waals surface area contributed by atoms with Crippen molar-refractivity contribution in [2.75, 3.05) is 6.61 Å². The summed E-state index contributed by atoms with van der Waals surface area (Å²) in [5.41, 5.74) is 0. The van der Waals surface area contributed by atoms with Gasteiger partial charge in [-0.3, -0.25) is 14.4 Å². The van der Waals surface area contributed by atoms with Crippen molar-refractivity contribution in [2.45, 2.75) is 32.7 Å². The van der Waals surface area contributed by atoms with E-state index in [0.29, 0.717) is 0 Å². The summed E-state index contributed by atoms with van der Waals surface area (Å²) in [6, 6.07) is 0. The second-order valence-corrected chi connectivity index (χ2v) is 3.14. The predicted molar refractivity (Wildman–Crippen MR) is 46.7 cm³/mol. The Morgan fingerprint density at radius 1 is 1.40 bits per heavy atom. The third kappa shape index (κ3) is 3.67. The van der Waals surface area contributed by atoms with Crippen LogP contribution in [-0.2, 0) is 28.6 Å². The van der Waals surface area contributed by atoms with Crippen LogP contribution in [0.15, 0.2) is 0 Å². The van der Waals surface area contributed by atoms with Crippen molar-refractivity contribution in [1.29, 1.82) is 0 Å². The first-order valence-electron chi connectivity index (χ1n) is 4.48. The molecule has 6 heteroatoms. The minimum atomic E-state index is -0.851. The zero-order valence-electron chi connectivity index (χ0n) is 8.52. The highest BCUT2D eigenvalue weighted by molar-refractivity contribution is 5.85. The summed E-state index contributed by atoms with van der Waals surface area (Å²) < 4.78 is 14.4. The van der Waals surface area contributed by atoms with E-state index >= 15 is 0 Å². The molecule has 1 rings (SSSR count). The van der Waals surface area contributed by atoms with Gasteiger partial charge in [0.15, 0.2) is 11.9 Å². The number of carbonyl (C=O) groups is 3. The summed E-state index contributed by atoms with van der Waals surface area (Å²) in [6.07, 6.45) is -1.67. The van der Waals surface area contributed by atoms with E-state index in [9.17, 15) is 14.4 Å². The number of ketones is 1. The van der Waals surface area contributed by atoms with Crippen molar-refractivity contribution in [3.63, 3.8) is 0 Å². The Morgan fingerprint density at radius 2 is 2.07 bits per heavy atom. The average molecular weight is 216 g/mol. The molecule has 0 radical (unpaired) electrons. The number of hydrogen-bond acceptors (Lipinski definition) is 6. The van der Waals surface area contributed by atoms with Gasteiger partial charge in [-0.2, -0.15) is 0 Å². The van der Waals surface area contributed by atoms with Gasteiger partial charge in [0.25, 0.3) is 0 Å². The van der Waals surface area contributed by atoms with Gasteiger partial charge >= 0.3 is 11.9 Å². The zero-order chi connectivity index (χ0) is 11.4. The lowest BCUT2D eigenvalue weighted by atomic mass is 10.2. The smallest absolute Gasteiger partial charge is 0.304 e. The lowest BCUT2D eigenvalue weighted by molar-refractivity contribution is -0.178. The highest BCUT2D eigenvalue weighted by Gasteiger charge is 2.35. The molecule has 0 N–H and O–H groups in total. The molecule has 84 valence electrons. The fourth-order valence-electron chi connectivity index (χ4n) is 1.18. The summed E-state index contributed by atoms with van der Waals surface area (Å²) in [5.74, 6) is -1.23. The van der Waals surface area contributed by atoms with Crippen molar-refractivity contribution in [1.82, 2.24) is 0 Å². The topological polar surface area (TPSA) is 78.9 Å². The van der Waals surface area contributed by atoms with Gasteiger partial charge < -0.3 is 14.2 Å². The van der Waals surface area contributed by atoms with E-state index in [4.69, 9.17) is 9.47 Å². The van der Waals surface area contributed by atoms with Crippen molar-refractivity contribution in [2.24, 2.45) is 0 Å². The number of ether oxygens (including phenoxy) is 3. The number of carbonyl (C=O) groups excluding carboxylic acids is 3. The third-order valence-electron chi connectivity index (χ3n) is 1.78. The molecule has 0 aromatic rings. The van der Waals surface area contributed by atoms with E-state index in [0.717, 1.165) is 0 Å². The summed E-state index contributed by atoms with van der Waals surface area (Å²) in [4.78, 5) is 32.3. The SMILES string of the molecule is CC(=O)OC[C@H]1OC(OC(C)=O)CC1=O. The van der Waals surface area contributed by atoms with E-state index in [1.54, 1.807) is 0 Å². The number of esters is 2. The number of rotatable bonds is 3. The predicted octanol–water partition coefficient (Wildman–Crippen LogP) is -0.203. The monoisotopic (exact) mass is 216 g/mol. The van der Waals surface area contributed by atoms with Gasteiger partial charge in [-0.15, -0.1) is 0 Å². The maximum atomic E-state index is 11.3. The van der Waals surface area contributed by atoms with Crippen molar-refractivity contribution in [3.05, 3.63) is 0 Å². The third-order valence-corrected chi connectivity index (χ3v) is 1.78. The molecule has 6 nitrogen and oxygen atoms in total. The molecule has 1 fully saturated rings. The molecule has 0 aromatic carbocycles. The Balaban J connectivity index is 2.39. The van der Waals surface area contributed by atoms with Crippen LogP contribution < -0.4 is 0 Å². The first kappa shape index (κ1) is 11.6. The molecule has 1 aliphatic heterocycles. The standard InChI is InChI=1S/C9H12O6/c1-5(10)13-4-8-7(12)3-9(15-8)14-6(2)11/h8-9H,3-4H2,1-2H3/t8-,9?/m1/s1. The van der Waals surface area contributed by atoms with Crippen molar-refractivity contribution >= 4 is 17.7 Å². The quantitative estimate of drug-likeness (QED) is 0.608. The van der Waals surface area contributed by atoms with E-state index in [2.05, 4.69) is 4.74 Å². The second-order valence-electron chi connectivity index (χ2n) is 3.14. The van der Waals surface area contributed by atoms with Crippen LogP contribution in [0.1, 0.15) is 20.3 Å². The van der Waals surface area contributed by atoms with Crippen LogP contribution in [-0.4, -0.2) is 36.7 Å². The van der Waals surface area contributed by atoms with Crippen molar-refractivity contribution < 1.29 is 28.6 Å². The highest BCUT2D eigenvalue weighted by atomic mass is 16.7. The Kier molecular flexibility index (Phi) is 3.79. The molecule has 0 aromatic heterocycles. The van der Waals surface area contributed by atoms with Gasteiger partial charge in [-0.05, 0) is 0 Å². The van der Waals surface area contributed by atoms with Gasteiger partial charge in [-0.25, -0.2) is 0 Å². The molecule has 1 heterocycles. The summed E-state index contributed by atoms with van der Waals surface area (Å²) in [5, 5.41) is 0. The largest absolute Gasteiger partial charge is 0.463 e. The average Bonchev–Trinajstić information content (AvgIpc) is 2.41. The van der Waals surface area contributed by atoms with E-state index < -0.39 is 24.3 Å². The molecule has 0 aliphatic carbocycles. The molecule has 0 amide bonds. The molecule has 15 heavy (non-hydrogen) atoms. The summed E-state index contributed by atoms with van der Waals surface area (Å²) >= 11 is 0. The Bertz CT molecular complexity index is 284. The molecule has 1 aliphatic rings. The molecule has 0 saturated carbocycles. The minimum absolute atomic E-state index is 0.00547. The van der Waals surface area contributed by atoms with Crippen LogP contribution in [0, 0.1) is 0 Å². The molecule has 0 bridgehead atoms. The minimum Gasteiger partial charge on any atom is -0.463 e. The normalized spacial score (nSPS) is 25.1. The van der Waals surface area contributed by atoms with Crippen LogP contribution in [0.25, 0.3) is 0 Å². The van der Waals surface area contributed by atoms with E-state index in [-0.39, 0.29) is 18.8 Å². The Labute approximate surface area is 86.5 Å². The van der Waals surface area contributed by atoms with Gasteiger partial charge in [0.05, 0.1) is 6.42 Å². The molecular weight excluding hydrogens is 204 g/mol. The summed E-state index contributed by atoms with van der Waals surface area (Å²) in [7, 11) is 0.